The second kappa shape index (κ2) is 6.43. The van der Waals surface area contributed by atoms with Gasteiger partial charge in [0.2, 0.25) is 0 Å². The van der Waals surface area contributed by atoms with Gasteiger partial charge in [-0.1, -0.05) is 17.7 Å². The molecule has 0 unspecified atom stereocenters. The minimum absolute atomic E-state index is 0.140. The zero-order chi connectivity index (χ0) is 17.6. The van der Waals surface area contributed by atoms with Crippen molar-refractivity contribution in [2.45, 2.75) is 25.8 Å². The lowest BCUT2D eigenvalue weighted by atomic mass is 10.0. The highest BCUT2D eigenvalue weighted by atomic mass is 35.5. The van der Waals surface area contributed by atoms with E-state index in [0.29, 0.717) is 18.1 Å². The van der Waals surface area contributed by atoms with Crippen LogP contribution in [0.3, 0.4) is 0 Å². The van der Waals surface area contributed by atoms with Crippen LogP contribution in [0.5, 0.6) is 11.5 Å². The monoisotopic (exact) mass is 376 g/mol. The lowest BCUT2D eigenvalue weighted by Crippen LogP contribution is -2.47. The van der Waals surface area contributed by atoms with E-state index in [2.05, 4.69) is 17.0 Å². The molecular weight excluding hydrogens is 359 g/mol. The Hall–Kier alpha value is -1.91. The van der Waals surface area contributed by atoms with Gasteiger partial charge in [-0.2, -0.15) is 0 Å². The van der Waals surface area contributed by atoms with Crippen LogP contribution < -0.4 is 9.64 Å². The molecule has 0 aliphatic carbocycles. The lowest BCUT2D eigenvalue weighted by molar-refractivity contribution is 0.202. The minimum atomic E-state index is -0.390. The largest absolute Gasteiger partial charge is 0.453 e. The van der Waals surface area contributed by atoms with Gasteiger partial charge in [0, 0.05) is 24.2 Å². The summed E-state index contributed by atoms with van der Waals surface area (Å²) in [7, 11) is 0. The number of carbonyl (C=O) groups excluding carboxylic acids is 1. The first-order valence-corrected chi connectivity index (χ1v) is 9.10. The van der Waals surface area contributed by atoms with Gasteiger partial charge in [0.05, 0.1) is 17.4 Å². The average molecular weight is 377 g/mol. The van der Waals surface area contributed by atoms with Crippen molar-refractivity contribution in [3.8, 4) is 11.5 Å². The van der Waals surface area contributed by atoms with Crippen LogP contribution in [-0.2, 0) is 0 Å². The van der Waals surface area contributed by atoms with E-state index < -0.39 is 5.37 Å². The molecule has 2 aliphatic rings. The Labute approximate surface area is 156 Å². The number of hydrogen-bond acceptors (Lipinski definition) is 3. The Morgan fingerprint density at radius 1 is 1.16 bits per heavy atom. The summed E-state index contributed by atoms with van der Waals surface area (Å²) in [5.74, 6) is 1.55. The van der Waals surface area contributed by atoms with Gasteiger partial charge < -0.3 is 14.5 Å². The van der Waals surface area contributed by atoms with Crippen LogP contribution in [0.15, 0.2) is 36.4 Å². The number of benzene rings is 2. The number of nitrogens with zero attached hydrogens (tertiary/aromatic N) is 2. The zero-order valence-corrected chi connectivity index (χ0v) is 15.3. The van der Waals surface area contributed by atoms with Crippen molar-refractivity contribution in [3.63, 3.8) is 0 Å². The highest BCUT2D eigenvalue weighted by molar-refractivity contribution is 6.62. The standard InChI is InChI=1S/C19H18Cl2N2O2/c1-12-4-6-15-17(9-12)25-18-10-13(20)5-7-16(18)23(15)14-3-2-8-22(11-14)19(21)24/h4-7,9-10,14H,2-3,8,11H2,1H3/t14-/m1/s1. The van der Waals surface area contributed by atoms with Crippen molar-refractivity contribution in [2.75, 3.05) is 18.0 Å². The molecule has 4 nitrogen and oxygen atoms in total. The molecule has 2 aromatic carbocycles. The molecule has 1 saturated heterocycles. The van der Waals surface area contributed by atoms with Crippen LogP contribution >= 0.6 is 23.2 Å². The average Bonchev–Trinajstić information content (AvgIpc) is 2.59. The molecule has 6 heteroatoms. The third-order valence-corrected chi connectivity index (χ3v) is 5.26. The van der Waals surface area contributed by atoms with E-state index in [9.17, 15) is 4.79 Å². The number of halogens is 2. The molecule has 0 spiro atoms. The number of hydrogen-bond donors (Lipinski definition) is 0. The molecule has 1 fully saturated rings. The van der Waals surface area contributed by atoms with E-state index in [4.69, 9.17) is 27.9 Å². The molecule has 4 rings (SSSR count). The van der Waals surface area contributed by atoms with Crippen molar-refractivity contribution < 1.29 is 9.53 Å². The highest BCUT2D eigenvalue weighted by Gasteiger charge is 2.34. The number of likely N-dealkylation sites (tertiary alicyclic amines) is 1. The van der Waals surface area contributed by atoms with E-state index >= 15 is 0 Å². The van der Waals surface area contributed by atoms with Crippen LogP contribution in [0.2, 0.25) is 5.02 Å². The summed E-state index contributed by atoms with van der Waals surface area (Å²) >= 11 is 11.9. The first-order chi connectivity index (χ1) is 12.0. The van der Waals surface area contributed by atoms with Gasteiger partial charge in [-0.15, -0.1) is 0 Å². The Morgan fingerprint density at radius 3 is 2.64 bits per heavy atom. The van der Waals surface area contributed by atoms with Crippen molar-refractivity contribution in [2.24, 2.45) is 0 Å². The van der Waals surface area contributed by atoms with E-state index in [1.54, 1.807) is 4.90 Å². The molecule has 2 aromatic rings. The molecule has 2 heterocycles. The number of fused-ring (bicyclic) bond motifs is 2. The second-order valence-electron chi connectivity index (χ2n) is 6.55. The Morgan fingerprint density at radius 2 is 1.88 bits per heavy atom. The molecule has 0 saturated carbocycles. The smallest absolute Gasteiger partial charge is 0.316 e. The van der Waals surface area contributed by atoms with Crippen LogP contribution in [0.25, 0.3) is 0 Å². The third kappa shape index (κ3) is 3.05. The van der Waals surface area contributed by atoms with E-state index in [1.165, 1.54) is 0 Å². The van der Waals surface area contributed by atoms with Crippen molar-refractivity contribution in [3.05, 3.63) is 47.0 Å². The predicted molar refractivity (Wildman–Crippen MR) is 101 cm³/mol. The number of ether oxygens (including phenoxy) is 1. The van der Waals surface area contributed by atoms with Gasteiger partial charge in [-0.25, -0.2) is 0 Å². The lowest BCUT2D eigenvalue weighted by Gasteiger charge is -2.42. The van der Waals surface area contributed by atoms with Crippen molar-refractivity contribution in [1.82, 2.24) is 4.90 Å². The SMILES string of the molecule is Cc1ccc2c(c1)Oc1cc(Cl)ccc1N2[C@@H]1CCCN(C(=O)Cl)C1. The predicted octanol–water partition coefficient (Wildman–Crippen LogP) is 5.72. The number of aryl methyl sites for hydroxylation is 1. The van der Waals surface area contributed by atoms with Crippen LogP contribution in [0.1, 0.15) is 18.4 Å². The van der Waals surface area contributed by atoms with Gasteiger partial charge in [0.15, 0.2) is 11.5 Å². The summed E-state index contributed by atoms with van der Waals surface area (Å²) in [6.07, 6.45) is 1.90. The first-order valence-electron chi connectivity index (χ1n) is 8.34. The molecule has 2 aliphatic heterocycles. The zero-order valence-electron chi connectivity index (χ0n) is 13.8. The fourth-order valence-corrected chi connectivity index (χ4v) is 3.95. The van der Waals surface area contributed by atoms with Gasteiger partial charge in [0.25, 0.3) is 0 Å². The van der Waals surface area contributed by atoms with Crippen LogP contribution in [0.4, 0.5) is 16.2 Å². The second-order valence-corrected chi connectivity index (χ2v) is 7.31. The van der Waals surface area contributed by atoms with E-state index in [0.717, 1.165) is 41.3 Å². The fraction of sp³-hybridized carbons (Fsp3) is 0.316. The molecule has 1 atom stereocenters. The number of piperidine rings is 1. The Bertz CT molecular complexity index is 789. The van der Waals surface area contributed by atoms with Crippen LogP contribution in [0, 0.1) is 6.92 Å². The fourth-order valence-electron chi connectivity index (χ4n) is 3.64. The summed E-state index contributed by atoms with van der Waals surface area (Å²) in [5, 5.41) is 0.245. The number of rotatable bonds is 1. The number of amides is 1. The van der Waals surface area contributed by atoms with E-state index in [-0.39, 0.29) is 6.04 Å². The Balaban J connectivity index is 1.80. The normalized spacial score (nSPS) is 19.1. The molecule has 130 valence electrons. The minimum Gasteiger partial charge on any atom is -0.453 e. The molecule has 0 aromatic heterocycles. The maximum absolute atomic E-state index is 11.6. The number of carbonyl (C=O) groups is 1. The highest BCUT2D eigenvalue weighted by Crippen LogP contribution is 2.49. The van der Waals surface area contributed by atoms with Gasteiger partial charge in [0.1, 0.15) is 0 Å². The summed E-state index contributed by atoms with van der Waals surface area (Å²) in [5.41, 5.74) is 3.11. The molecule has 0 N–H and O–H groups in total. The van der Waals surface area contributed by atoms with Crippen LogP contribution in [-0.4, -0.2) is 29.4 Å². The van der Waals surface area contributed by atoms with Gasteiger partial charge >= 0.3 is 5.37 Å². The summed E-state index contributed by atoms with van der Waals surface area (Å²) in [4.78, 5) is 15.6. The summed E-state index contributed by atoms with van der Waals surface area (Å²) in [6, 6.07) is 12.0. The maximum Gasteiger partial charge on any atom is 0.316 e. The Kier molecular flexibility index (Phi) is 4.26. The third-order valence-electron chi connectivity index (χ3n) is 4.79. The molecule has 1 amide bonds. The van der Waals surface area contributed by atoms with Gasteiger partial charge in [-0.05, 0) is 61.2 Å². The quantitative estimate of drug-likeness (QED) is 0.471. The summed E-state index contributed by atoms with van der Waals surface area (Å²) < 4.78 is 6.10. The molecule has 0 bridgehead atoms. The molecular formula is C19H18Cl2N2O2. The molecule has 0 radical (unpaired) electrons. The number of anilines is 2. The topological polar surface area (TPSA) is 32.8 Å². The van der Waals surface area contributed by atoms with E-state index in [1.807, 2.05) is 31.2 Å². The van der Waals surface area contributed by atoms with Crippen molar-refractivity contribution >= 4 is 39.9 Å². The maximum atomic E-state index is 11.6. The summed E-state index contributed by atoms with van der Waals surface area (Å²) in [6.45, 7) is 3.34. The van der Waals surface area contributed by atoms with Gasteiger partial charge in [-0.3, -0.25) is 4.79 Å². The first kappa shape index (κ1) is 16.6. The molecule has 25 heavy (non-hydrogen) atoms. The van der Waals surface area contributed by atoms with Crippen molar-refractivity contribution in [1.29, 1.82) is 0 Å².